The van der Waals surface area contributed by atoms with Gasteiger partial charge in [0.1, 0.15) is 4.88 Å². The van der Waals surface area contributed by atoms with E-state index in [0.29, 0.717) is 5.01 Å². The Balaban J connectivity index is 3.26. The summed E-state index contributed by atoms with van der Waals surface area (Å²) in [5.74, 6) is -1.40. The first kappa shape index (κ1) is 8.66. The van der Waals surface area contributed by atoms with Gasteiger partial charge in [-0.25, -0.2) is 4.98 Å². The topological polar surface area (TPSA) is 99.1 Å². The van der Waals surface area contributed by atoms with Crippen LogP contribution in [0.4, 0.5) is 0 Å². The van der Waals surface area contributed by atoms with Crippen molar-refractivity contribution in [3.8, 4) is 0 Å². The van der Waals surface area contributed by atoms with Crippen LogP contribution in [-0.2, 0) is 0 Å². The van der Waals surface area contributed by atoms with Gasteiger partial charge in [0.05, 0.1) is 5.01 Å². The summed E-state index contributed by atoms with van der Waals surface area (Å²) < 4.78 is 0. The normalized spacial score (nSPS) is 9.75. The van der Waals surface area contributed by atoms with Gasteiger partial charge in [-0.05, 0) is 6.92 Å². The summed E-state index contributed by atoms with van der Waals surface area (Å²) in [4.78, 5) is 25.3. The molecule has 0 bridgehead atoms. The van der Waals surface area contributed by atoms with Gasteiger partial charge in [-0.15, -0.1) is 11.3 Å². The number of primary amides is 2. The molecule has 64 valence electrons. The first-order chi connectivity index (χ1) is 5.52. The third-order valence-electron chi connectivity index (χ3n) is 1.19. The number of carbonyl (C=O) groups excluding carboxylic acids is 2. The van der Waals surface area contributed by atoms with Crippen molar-refractivity contribution in [2.45, 2.75) is 6.92 Å². The highest BCUT2D eigenvalue weighted by atomic mass is 32.1. The lowest BCUT2D eigenvalue weighted by molar-refractivity contribution is 0.0967. The van der Waals surface area contributed by atoms with E-state index < -0.39 is 11.8 Å². The second-order valence-electron chi connectivity index (χ2n) is 2.14. The molecule has 1 aromatic heterocycles. The SMILES string of the molecule is Cc1nc(C(N)=O)c(C(N)=O)s1. The second-order valence-corrected chi connectivity index (χ2v) is 3.34. The molecule has 0 aliphatic rings. The van der Waals surface area contributed by atoms with Gasteiger partial charge < -0.3 is 11.5 Å². The van der Waals surface area contributed by atoms with Crippen molar-refractivity contribution in [2.24, 2.45) is 11.5 Å². The number of amides is 2. The maximum atomic E-state index is 10.7. The van der Waals surface area contributed by atoms with Gasteiger partial charge >= 0.3 is 0 Å². The molecule has 1 heterocycles. The van der Waals surface area contributed by atoms with E-state index in [4.69, 9.17) is 11.5 Å². The minimum Gasteiger partial charge on any atom is -0.365 e. The highest BCUT2D eigenvalue weighted by Gasteiger charge is 2.17. The van der Waals surface area contributed by atoms with Crippen molar-refractivity contribution in [1.82, 2.24) is 4.98 Å². The van der Waals surface area contributed by atoms with Crippen LogP contribution in [0.2, 0.25) is 0 Å². The summed E-state index contributed by atoms with van der Waals surface area (Å²) >= 11 is 1.06. The van der Waals surface area contributed by atoms with Crippen LogP contribution in [0, 0.1) is 6.92 Å². The lowest BCUT2D eigenvalue weighted by atomic mass is 10.3. The van der Waals surface area contributed by atoms with E-state index in [-0.39, 0.29) is 10.6 Å². The number of rotatable bonds is 2. The molecule has 2 amide bonds. The van der Waals surface area contributed by atoms with Crippen LogP contribution in [-0.4, -0.2) is 16.8 Å². The molecule has 12 heavy (non-hydrogen) atoms. The van der Waals surface area contributed by atoms with Crippen LogP contribution >= 0.6 is 11.3 Å². The number of nitrogens with two attached hydrogens (primary N) is 2. The standard InChI is InChI=1S/C6H7N3O2S/c1-2-9-3(5(7)10)4(12-2)6(8)11/h1H3,(H2,7,10)(H2,8,11). The summed E-state index contributed by atoms with van der Waals surface area (Å²) in [5.41, 5.74) is 9.92. The third kappa shape index (κ3) is 1.42. The molecule has 0 saturated heterocycles. The molecule has 1 rings (SSSR count). The van der Waals surface area contributed by atoms with Crippen molar-refractivity contribution in [1.29, 1.82) is 0 Å². The molecule has 0 spiro atoms. The van der Waals surface area contributed by atoms with E-state index in [2.05, 4.69) is 4.98 Å². The zero-order valence-electron chi connectivity index (χ0n) is 6.33. The Bertz CT molecular complexity index is 313. The highest BCUT2D eigenvalue weighted by Crippen LogP contribution is 2.16. The van der Waals surface area contributed by atoms with Gasteiger partial charge in [0, 0.05) is 0 Å². The Labute approximate surface area is 72.4 Å². The molecule has 0 aliphatic carbocycles. The molecule has 1 aromatic rings. The van der Waals surface area contributed by atoms with Crippen LogP contribution < -0.4 is 11.5 Å². The molecule has 6 heteroatoms. The molecule has 0 unspecified atom stereocenters. The molecular formula is C6H7N3O2S. The van der Waals surface area contributed by atoms with Crippen molar-refractivity contribution < 1.29 is 9.59 Å². The number of hydrogen-bond donors (Lipinski definition) is 2. The third-order valence-corrected chi connectivity index (χ3v) is 2.18. The minimum atomic E-state index is -0.729. The fourth-order valence-corrected chi connectivity index (χ4v) is 1.54. The summed E-state index contributed by atoms with van der Waals surface area (Å²) in [7, 11) is 0. The van der Waals surface area contributed by atoms with E-state index in [1.165, 1.54) is 0 Å². The van der Waals surface area contributed by atoms with E-state index in [9.17, 15) is 9.59 Å². The lowest BCUT2D eigenvalue weighted by Crippen LogP contribution is -2.19. The van der Waals surface area contributed by atoms with E-state index in [0.717, 1.165) is 11.3 Å². The summed E-state index contributed by atoms with van der Waals surface area (Å²) in [6.45, 7) is 1.67. The molecule has 0 radical (unpaired) electrons. The molecule has 0 atom stereocenters. The van der Waals surface area contributed by atoms with E-state index in [1.54, 1.807) is 6.92 Å². The summed E-state index contributed by atoms with van der Waals surface area (Å²) in [5, 5.41) is 0.595. The maximum absolute atomic E-state index is 10.7. The smallest absolute Gasteiger partial charge is 0.269 e. The van der Waals surface area contributed by atoms with Crippen LogP contribution in [0.15, 0.2) is 0 Å². The number of aromatic nitrogens is 1. The predicted octanol–water partition coefficient (Wildman–Crippen LogP) is -0.351. The monoisotopic (exact) mass is 185 g/mol. The number of hydrogen-bond acceptors (Lipinski definition) is 4. The fraction of sp³-hybridized carbons (Fsp3) is 0.167. The number of thiazole rings is 1. The van der Waals surface area contributed by atoms with Gasteiger partial charge in [-0.1, -0.05) is 0 Å². The van der Waals surface area contributed by atoms with Crippen LogP contribution in [0.1, 0.15) is 25.2 Å². The number of aryl methyl sites for hydroxylation is 1. The zero-order valence-corrected chi connectivity index (χ0v) is 7.14. The first-order valence-corrected chi connectivity index (χ1v) is 3.91. The first-order valence-electron chi connectivity index (χ1n) is 3.09. The maximum Gasteiger partial charge on any atom is 0.269 e. The molecule has 4 N–H and O–H groups in total. The minimum absolute atomic E-state index is 0.0370. The van der Waals surface area contributed by atoms with Crippen LogP contribution in [0.25, 0.3) is 0 Å². The van der Waals surface area contributed by atoms with Gasteiger partial charge in [0.2, 0.25) is 0 Å². The highest BCUT2D eigenvalue weighted by molar-refractivity contribution is 7.13. The molecule has 0 aromatic carbocycles. The second kappa shape index (κ2) is 2.90. The van der Waals surface area contributed by atoms with Crippen LogP contribution in [0.5, 0.6) is 0 Å². The Morgan fingerprint density at radius 3 is 2.25 bits per heavy atom. The zero-order chi connectivity index (χ0) is 9.30. The van der Waals surface area contributed by atoms with Crippen molar-refractivity contribution >= 4 is 23.2 Å². The Kier molecular flexibility index (Phi) is 2.09. The fourth-order valence-electron chi connectivity index (χ4n) is 0.761. The van der Waals surface area contributed by atoms with Crippen molar-refractivity contribution in [3.05, 3.63) is 15.6 Å². The Morgan fingerprint density at radius 2 is 1.92 bits per heavy atom. The molecule has 0 aliphatic heterocycles. The average Bonchev–Trinajstić information content (AvgIpc) is 2.31. The summed E-state index contributed by atoms with van der Waals surface area (Å²) in [6, 6.07) is 0. The van der Waals surface area contributed by atoms with E-state index >= 15 is 0 Å². The van der Waals surface area contributed by atoms with Crippen molar-refractivity contribution in [3.63, 3.8) is 0 Å². The van der Waals surface area contributed by atoms with Gasteiger partial charge in [0.25, 0.3) is 11.8 Å². The molecular weight excluding hydrogens is 178 g/mol. The van der Waals surface area contributed by atoms with Gasteiger partial charge in [-0.2, -0.15) is 0 Å². The molecule has 5 nitrogen and oxygen atoms in total. The largest absolute Gasteiger partial charge is 0.365 e. The van der Waals surface area contributed by atoms with Crippen LogP contribution in [0.3, 0.4) is 0 Å². The lowest BCUT2D eigenvalue weighted by Gasteiger charge is -1.90. The van der Waals surface area contributed by atoms with Gasteiger partial charge in [0.15, 0.2) is 5.69 Å². The quantitative estimate of drug-likeness (QED) is 0.658. The molecule has 0 saturated carbocycles. The van der Waals surface area contributed by atoms with E-state index in [1.807, 2.05) is 0 Å². The number of nitrogens with zero attached hydrogens (tertiary/aromatic N) is 1. The summed E-state index contributed by atoms with van der Waals surface area (Å²) in [6.07, 6.45) is 0. The number of carbonyl (C=O) groups is 2. The molecule has 0 fully saturated rings. The average molecular weight is 185 g/mol. The predicted molar refractivity (Wildman–Crippen MR) is 43.9 cm³/mol. The Hall–Kier alpha value is -1.43. The Morgan fingerprint density at radius 1 is 1.33 bits per heavy atom. The van der Waals surface area contributed by atoms with Gasteiger partial charge in [-0.3, -0.25) is 9.59 Å². The van der Waals surface area contributed by atoms with Crippen molar-refractivity contribution in [2.75, 3.05) is 0 Å².